The molecule has 1 fully saturated rings. The Balaban J connectivity index is 1.82. The fourth-order valence-electron chi connectivity index (χ4n) is 3.76. The lowest BCUT2D eigenvalue weighted by molar-refractivity contribution is 0.0497. The number of carbonyl (C=O) groups is 1. The van der Waals surface area contributed by atoms with Crippen LogP contribution in [0.5, 0.6) is 5.75 Å². The van der Waals surface area contributed by atoms with Gasteiger partial charge >= 0.3 is 6.09 Å². The van der Waals surface area contributed by atoms with E-state index in [2.05, 4.69) is 33.1 Å². The van der Waals surface area contributed by atoms with Crippen LogP contribution >= 0.6 is 15.9 Å². The Labute approximate surface area is 214 Å². The number of benzene rings is 1. The van der Waals surface area contributed by atoms with E-state index in [0.717, 1.165) is 31.5 Å². The zero-order valence-corrected chi connectivity index (χ0v) is 22.2. The quantitative estimate of drug-likeness (QED) is 0.416. The van der Waals surface area contributed by atoms with Crippen molar-refractivity contribution in [2.24, 2.45) is 0 Å². The van der Waals surface area contributed by atoms with Gasteiger partial charge in [0.15, 0.2) is 0 Å². The number of piperidine rings is 1. The predicted molar refractivity (Wildman–Crippen MR) is 137 cm³/mol. The summed E-state index contributed by atoms with van der Waals surface area (Å²) in [5, 5.41) is 12.0. The lowest BCUT2D eigenvalue weighted by atomic mass is 10.0. The van der Waals surface area contributed by atoms with Crippen molar-refractivity contribution >= 4 is 27.8 Å². The van der Waals surface area contributed by atoms with Crippen LogP contribution < -0.4 is 15.0 Å². The second-order valence-electron chi connectivity index (χ2n) is 9.56. The predicted octanol–water partition coefficient (Wildman–Crippen LogP) is 6.19. The molecule has 1 amide bonds. The van der Waals surface area contributed by atoms with Gasteiger partial charge in [0, 0.05) is 30.8 Å². The molecule has 2 heterocycles. The Morgan fingerprint density at radius 3 is 2.63 bits per heavy atom. The molecule has 188 valence electrons. The van der Waals surface area contributed by atoms with Crippen molar-refractivity contribution in [1.82, 2.24) is 10.3 Å². The van der Waals surface area contributed by atoms with Gasteiger partial charge in [-0.2, -0.15) is 5.26 Å². The van der Waals surface area contributed by atoms with E-state index in [1.165, 1.54) is 12.1 Å². The Bertz CT molecular complexity index is 1090. The average Bonchev–Trinajstić information content (AvgIpc) is 2.79. The van der Waals surface area contributed by atoms with Crippen molar-refractivity contribution in [2.45, 2.75) is 65.0 Å². The van der Waals surface area contributed by atoms with Gasteiger partial charge in [-0.3, -0.25) is 0 Å². The Hall–Kier alpha value is -2.86. The lowest BCUT2D eigenvalue weighted by Gasteiger charge is -2.34. The summed E-state index contributed by atoms with van der Waals surface area (Å²) in [5.74, 6) is 0.763. The van der Waals surface area contributed by atoms with Crippen LogP contribution in [0.2, 0.25) is 0 Å². The fourth-order valence-corrected chi connectivity index (χ4v) is 4.30. The first-order valence-electron chi connectivity index (χ1n) is 11.9. The van der Waals surface area contributed by atoms with Crippen molar-refractivity contribution < 1.29 is 18.7 Å². The number of rotatable bonds is 7. The van der Waals surface area contributed by atoms with E-state index in [9.17, 15) is 9.18 Å². The Morgan fingerprint density at radius 2 is 2.03 bits per heavy atom. The summed E-state index contributed by atoms with van der Waals surface area (Å²) in [6.07, 6.45) is 2.98. The highest BCUT2D eigenvalue weighted by Gasteiger charge is 2.26. The number of ether oxygens (including phenoxy) is 2. The molecule has 1 saturated heterocycles. The number of alkyl carbamates (subject to hydrolysis) is 1. The molecule has 0 saturated carbocycles. The zero-order chi connectivity index (χ0) is 25.6. The van der Waals surface area contributed by atoms with Gasteiger partial charge in [-0.05, 0) is 68.1 Å². The third-order valence-electron chi connectivity index (χ3n) is 5.57. The molecule has 9 heteroatoms. The molecule has 3 rings (SSSR count). The van der Waals surface area contributed by atoms with Crippen molar-refractivity contribution in [1.29, 1.82) is 5.26 Å². The number of amides is 1. The molecule has 1 aromatic carbocycles. The molecule has 0 radical (unpaired) electrons. The summed E-state index contributed by atoms with van der Waals surface area (Å²) in [6, 6.07) is 8.22. The average molecular weight is 547 g/mol. The fraction of sp³-hybridized carbons (Fsp3) is 0.500. The Morgan fingerprint density at radius 1 is 1.31 bits per heavy atom. The largest absolute Gasteiger partial charge is 0.492 e. The summed E-state index contributed by atoms with van der Waals surface area (Å²) in [5.41, 5.74) is 0.546. The van der Waals surface area contributed by atoms with Gasteiger partial charge in [0.05, 0.1) is 22.3 Å². The van der Waals surface area contributed by atoms with E-state index in [0.29, 0.717) is 41.2 Å². The van der Waals surface area contributed by atoms with Gasteiger partial charge < -0.3 is 19.7 Å². The second kappa shape index (κ2) is 11.7. The zero-order valence-electron chi connectivity index (χ0n) is 20.7. The first-order valence-corrected chi connectivity index (χ1v) is 12.7. The maximum absolute atomic E-state index is 14.4. The molecule has 0 spiro atoms. The summed E-state index contributed by atoms with van der Waals surface area (Å²) < 4.78 is 26.4. The minimum absolute atomic E-state index is 0.0139. The minimum Gasteiger partial charge on any atom is -0.492 e. The number of pyridine rings is 1. The van der Waals surface area contributed by atoms with Gasteiger partial charge in [-0.15, -0.1) is 0 Å². The number of carbonyl (C=O) groups excluding carboxylic acids is 1. The number of hydrogen-bond acceptors (Lipinski definition) is 6. The number of nitrogens with one attached hydrogen (secondary N) is 1. The van der Waals surface area contributed by atoms with Gasteiger partial charge in [-0.1, -0.05) is 19.4 Å². The van der Waals surface area contributed by atoms with Crippen molar-refractivity contribution in [3.8, 4) is 23.1 Å². The van der Waals surface area contributed by atoms with E-state index < -0.39 is 17.5 Å². The van der Waals surface area contributed by atoms with E-state index in [-0.39, 0.29) is 11.6 Å². The topological polar surface area (TPSA) is 87.5 Å². The van der Waals surface area contributed by atoms with E-state index in [1.54, 1.807) is 6.07 Å². The first kappa shape index (κ1) is 26.7. The van der Waals surface area contributed by atoms with E-state index >= 15 is 0 Å². The highest BCUT2D eigenvalue weighted by molar-refractivity contribution is 9.10. The molecule has 0 unspecified atom stereocenters. The smallest absolute Gasteiger partial charge is 0.407 e. The van der Waals surface area contributed by atoms with Crippen molar-refractivity contribution in [3.63, 3.8) is 0 Å². The maximum Gasteiger partial charge on any atom is 0.407 e. The number of nitrogens with zero attached hydrogens (tertiary/aromatic N) is 3. The first-order chi connectivity index (χ1) is 16.6. The van der Waals surface area contributed by atoms with Gasteiger partial charge in [-0.25, -0.2) is 14.2 Å². The van der Waals surface area contributed by atoms with Gasteiger partial charge in [0.2, 0.25) is 0 Å². The number of nitriles is 1. The number of hydrogen-bond donors (Lipinski definition) is 1. The molecule has 1 aromatic heterocycles. The van der Waals surface area contributed by atoms with Crippen LogP contribution in [0.1, 0.15) is 58.9 Å². The molecule has 1 N–H and O–H groups in total. The second-order valence-corrected chi connectivity index (χ2v) is 10.4. The van der Waals surface area contributed by atoms with E-state index in [4.69, 9.17) is 19.7 Å². The van der Waals surface area contributed by atoms with Crippen molar-refractivity contribution in [3.05, 3.63) is 40.1 Å². The number of anilines is 1. The molecular formula is C26H32BrFN4O3. The SMILES string of the molecule is CCCCOc1cc(N2CCC(NC(=O)OC(C)(C)C)CC2)nc(-c2ccc(C#N)c(F)c2)c1Br. The maximum atomic E-state index is 14.4. The third-order valence-corrected chi connectivity index (χ3v) is 6.34. The van der Waals surface area contributed by atoms with Crippen LogP contribution in [0.4, 0.5) is 15.0 Å². The molecular weight excluding hydrogens is 515 g/mol. The van der Waals surface area contributed by atoms with Crippen LogP contribution in [-0.2, 0) is 4.74 Å². The number of aromatic nitrogens is 1. The van der Waals surface area contributed by atoms with E-state index in [1.807, 2.05) is 32.9 Å². The molecule has 7 nitrogen and oxygen atoms in total. The number of unbranched alkanes of at least 4 members (excludes halogenated alkanes) is 1. The number of halogens is 2. The summed E-state index contributed by atoms with van der Waals surface area (Å²) in [7, 11) is 0. The minimum atomic E-state index is -0.591. The summed E-state index contributed by atoms with van der Waals surface area (Å²) >= 11 is 3.59. The Kier molecular flexibility index (Phi) is 8.95. The van der Waals surface area contributed by atoms with Gasteiger partial charge in [0.25, 0.3) is 0 Å². The molecule has 35 heavy (non-hydrogen) atoms. The molecule has 1 aliphatic rings. The third kappa shape index (κ3) is 7.31. The van der Waals surface area contributed by atoms with Crippen LogP contribution in [0, 0.1) is 17.1 Å². The molecule has 2 aromatic rings. The van der Waals surface area contributed by atoms with Crippen LogP contribution in [0.25, 0.3) is 11.3 Å². The molecule has 1 aliphatic heterocycles. The molecule has 0 atom stereocenters. The molecule has 0 aliphatic carbocycles. The van der Waals surface area contributed by atoms with Crippen LogP contribution in [0.3, 0.4) is 0 Å². The normalized spacial score (nSPS) is 14.4. The van der Waals surface area contributed by atoms with Gasteiger partial charge in [0.1, 0.15) is 29.1 Å². The summed E-state index contributed by atoms with van der Waals surface area (Å²) in [6.45, 7) is 9.54. The van der Waals surface area contributed by atoms with Crippen LogP contribution in [0.15, 0.2) is 28.7 Å². The summed E-state index contributed by atoms with van der Waals surface area (Å²) in [4.78, 5) is 19.1. The highest BCUT2D eigenvalue weighted by atomic mass is 79.9. The lowest BCUT2D eigenvalue weighted by Crippen LogP contribution is -2.46. The van der Waals surface area contributed by atoms with Crippen LogP contribution in [-0.4, -0.2) is 42.4 Å². The monoisotopic (exact) mass is 546 g/mol. The van der Waals surface area contributed by atoms with Crippen molar-refractivity contribution in [2.75, 3.05) is 24.6 Å². The molecule has 0 bridgehead atoms. The highest BCUT2D eigenvalue weighted by Crippen LogP contribution is 2.38. The standard InChI is InChI=1S/C26H32BrFN4O3/c1-5-6-13-34-21-15-22(31-24(23(21)27)17-7-8-18(16-29)20(28)14-17)32-11-9-19(10-12-32)30-25(33)35-26(2,3)4/h7-8,14-15,19H,5-6,9-13H2,1-4H3,(H,30,33).